The Kier molecular flexibility index (Phi) is 6.82. The number of allylic oxidation sites excluding steroid dienone is 4. The Hall–Kier alpha value is -3.82. The van der Waals surface area contributed by atoms with Gasteiger partial charge in [-0.15, -0.1) is 0 Å². The largest absolute Gasteiger partial charge is 0.294 e. The third-order valence-corrected chi connectivity index (χ3v) is 5.40. The highest BCUT2D eigenvalue weighted by Gasteiger charge is 2.28. The summed E-state index contributed by atoms with van der Waals surface area (Å²) in [5, 5.41) is 5.38. The monoisotopic (exact) mass is 451 g/mol. The molecular weight excluding hydrogens is 430 g/mol. The first-order valence-corrected chi connectivity index (χ1v) is 11.0. The molecule has 0 spiro atoms. The third kappa shape index (κ3) is 5.26. The van der Waals surface area contributed by atoms with Crippen LogP contribution < -0.4 is 9.91 Å². The van der Waals surface area contributed by atoms with Crippen LogP contribution in [0.4, 0.5) is 11.4 Å². The number of hydrazone groups is 1. The highest BCUT2D eigenvalue weighted by Crippen LogP contribution is 2.25. The summed E-state index contributed by atoms with van der Waals surface area (Å²) in [6.45, 7) is 3.16. The van der Waals surface area contributed by atoms with Gasteiger partial charge in [-0.3, -0.25) is 19.0 Å². The number of carbonyl (C=O) groups is 2. The molecule has 2 amide bonds. The molecule has 1 aliphatic heterocycles. The molecule has 3 rings (SSSR count). The second-order valence-electron chi connectivity index (χ2n) is 6.80. The highest BCUT2D eigenvalue weighted by atomic mass is 32.2. The van der Waals surface area contributed by atoms with E-state index >= 15 is 0 Å². The number of hydrogen-bond donors (Lipinski definition) is 1. The fraction of sp³-hybridized carbons (Fsp3) is 0.0870. The molecule has 0 saturated heterocycles. The molecule has 0 radical (unpaired) electrons. The van der Waals surface area contributed by atoms with E-state index in [1.165, 1.54) is 36.1 Å². The number of para-hydroxylation sites is 1. The van der Waals surface area contributed by atoms with E-state index in [1.54, 1.807) is 37.4 Å². The van der Waals surface area contributed by atoms with Crippen LogP contribution in [-0.4, -0.2) is 30.5 Å². The van der Waals surface area contributed by atoms with E-state index < -0.39 is 10.1 Å². The summed E-state index contributed by atoms with van der Waals surface area (Å²) in [6, 6.07) is 14.4. The van der Waals surface area contributed by atoms with Gasteiger partial charge >= 0.3 is 0 Å². The molecule has 1 heterocycles. The zero-order chi connectivity index (χ0) is 23.3. The second kappa shape index (κ2) is 9.54. The van der Waals surface area contributed by atoms with Crippen LogP contribution in [-0.2, 0) is 19.7 Å². The lowest BCUT2D eigenvalue weighted by molar-refractivity contribution is -0.116. The minimum Gasteiger partial charge on any atom is -0.288 e. The SMILES string of the molecule is CC(=O)N(C=CC=CC=C1C(=O)N(c2ccc(S(=O)(=O)O)cc2)N=C1C)c1ccccc1. The minimum atomic E-state index is -4.32. The molecule has 164 valence electrons. The van der Waals surface area contributed by atoms with Crippen molar-refractivity contribution in [3.8, 4) is 0 Å². The molecule has 0 fully saturated rings. The van der Waals surface area contributed by atoms with Crippen molar-refractivity contribution in [3.63, 3.8) is 0 Å². The number of hydrogen-bond acceptors (Lipinski definition) is 5. The molecule has 0 aliphatic carbocycles. The Bertz CT molecular complexity index is 1240. The van der Waals surface area contributed by atoms with Crippen LogP contribution in [0.3, 0.4) is 0 Å². The van der Waals surface area contributed by atoms with Gasteiger partial charge in [0.2, 0.25) is 5.91 Å². The predicted octanol–water partition coefficient (Wildman–Crippen LogP) is 3.71. The number of carbonyl (C=O) groups excluding carboxylic acids is 2. The molecule has 2 aromatic rings. The van der Waals surface area contributed by atoms with Crippen molar-refractivity contribution >= 4 is 39.0 Å². The van der Waals surface area contributed by atoms with Gasteiger partial charge in [0.05, 0.1) is 21.9 Å². The van der Waals surface area contributed by atoms with E-state index in [0.717, 1.165) is 10.7 Å². The summed E-state index contributed by atoms with van der Waals surface area (Å²) in [5.74, 6) is -0.505. The van der Waals surface area contributed by atoms with Gasteiger partial charge in [-0.05, 0) is 55.5 Å². The molecule has 0 unspecified atom stereocenters. The maximum atomic E-state index is 12.7. The van der Waals surface area contributed by atoms with Crippen LogP contribution in [0.1, 0.15) is 13.8 Å². The van der Waals surface area contributed by atoms with Crippen LogP contribution in [0.5, 0.6) is 0 Å². The van der Waals surface area contributed by atoms with Gasteiger partial charge in [0.25, 0.3) is 16.0 Å². The number of amides is 2. The summed E-state index contributed by atoms with van der Waals surface area (Å²) < 4.78 is 31.4. The van der Waals surface area contributed by atoms with Gasteiger partial charge in [0.15, 0.2) is 0 Å². The average molecular weight is 452 g/mol. The van der Waals surface area contributed by atoms with E-state index in [1.807, 2.05) is 30.3 Å². The molecule has 2 aromatic carbocycles. The Balaban J connectivity index is 1.72. The normalized spacial score (nSPS) is 15.7. The number of anilines is 2. The molecule has 1 aliphatic rings. The molecule has 0 aromatic heterocycles. The van der Waals surface area contributed by atoms with Crippen LogP contribution in [0.25, 0.3) is 0 Å². The van der Waals surface area contributed by atoms with Gasteiger partial charge in [-0.2, -0.15) is 18.5 Å². The standard InChI is InChI=1S/C23H21N3O5S/c1-17-22(11-7-4-8-16-25(18(2)27)19-9-5-3-6-10-19)23(28)26(24-17)20-12-14-21(15-13-20)32(29,30)31/h3-16H,1-2H3,(H,29,30,31). The summed E-state index contributed by atoms with van der Waals surface area (Å²) in [4.78, 5) is 25.8. The van der Waals surface area contributed by atoms with Gasteiger partial charge < -0.3 is 0 Å². The first-order chi connectivity index (χ1) is 15.2. The average Bonchev–Trinajstić information content (AvgIpc) is 3.04. The predicted molar refractivity (Wildman–Crippen MR) is 123 cm³/mol. The van der Waals surface area contributed by atoms with Gasteiger partial charge in [0.1, 0.15) is 0 Å². The van der Waals surface area contributed by atoms with Crippen LogP contribution in [0.15, 0.2) is 101 Å². The van der Waals surface area contributed by atoms with Gasteiger partial charge in [-0.1, -0.05) is 30.4 Å². The molecule has 9 heteroatoms. The van der Waals surface area contributed by atoms with Crippen molar-refractivity contribution in [2.45, 2.75) is 18.7 Å². The molecule has 8 nitrogen and oxygen atoms in total. The molecule has 0 bridgehead atoms. The Morgan fingerprint density at radius 3 is 2.28 bits per heavy atom. The maximum Gasteiger partial charge on any atom is 0.294 e. The molecular formula is C23H21N3O5S. The van der Waals surface area contributed by atoms with Crippen molar-refractivity contribution in [2.75, 3.05) is 9.91 Å². The topological polar surface area (TPSA) is 107 Å². The first kappa shape index (κ1) is 22.9. The maximum absolute atomic E-state index is 12.7. The zero-order valence-corrected chi connectivity index (χ0v) is 18.2. The van der Waals surface area contributed by atoms with E-state index in [2.05, 4.69) is 5.10 Å². The fourth-order valence-electron chi connectivity index (χ4n) is 2.96. The second-order valence-corrected chi connectivity index (χ2v) is 8.22. The lowest BCUT2D eigenvalue weighted by Crippen LogP contribution is -2.21. The number of nitrogens with zero attached hydrogens (tertiary/aromatic N) is 3. The lowest BCUT2D eigenvalue weighted by atomic mass is 10.1. The van der Waals surface area contributed by atoms with Gasteiger partial charge in [-0.25, -0.2) is 0 Å². The minimum absolute atomic E-state index is 0.135. The van der Waals surface area contributed by atoms with Crippen molar-refractivity contribution in [1.29, 1.82) is 0 Å². The van der Waals surface area contributed by atoms with Crippen molar-refractivity contribution in [1.82, 2.24) is 0 Å². The summed E-state index contributed by atoms with van der Waals surface area (Å²) in [5.41, 5.74) is 1.98. The van der Waals surface area contributed by atoms with Crippen molar-refractivity contribution in [2.24, 2.45) is 5.10 Å². The van der Waals surface area contributed by atoms with E-state index in [4.69, 9.17) is 4.55 Å². The van der Waals surface area contributed by atoms with Crippen LogP contribution >= 0.6 is 0 Å². The Labute approximate surface area is 186 Å². The fourth-order valence-corrected chi connectivity index (χ4v) is 3.44. The molecule has 32 heavy (non-hydrogen) atoms. The summed E-state index contributed by atoms with van der Waals surface area (Å²) >= 11 is 0. The summed E-state index contributed by atoms with van der Waals surface area (Å²) in [6.07, 6.45) is 8.28. The number of rotatable bonds is 6. The van der Waals surface area contributed by atoms with Crippen LogP contribution in [0, 0.1) is 0 Å². The van der Waals surface area contributed by atoms with E-state index in [-0.39, 0.29) is 16.7 Å². The molecule has 1 N–H and O–H groups in total. The van der Waals surface area contributed by atoms with Crippen LogP contribution in [0.2, 0.25) is 0 Å². The smallest absolute Gasteiger partial charge is 0.288 e. The van der Waals surface area contributed by atoms with Crippen molar-refractivity contribution < 1.29 is 22.6 Å². The number of benzene rings is 2. The lowest BCUT2D eigenvalue weighted by Gasteiger charge is -2.15. The third-order valence-electron chi connectivity index (χ3n) is 4.54. The first-order valence-electron chi connectivity index (χ1n) is 9.56. The van der Waals surface area contributed by atoms with E-state index in [9.17, 15) is 18.0 Å². The quantitative estimate of drug-likeness (QED) is 0.409. The zero-order valence-electron chi connectivity index (χ0n) is 17.4. The molecule has 0 atom stereocenters. The Morgan fingerprint density at radius 1 is 1.03 bits per heavy atom. The molecule has 0 saturated carbocycles. The highest BCUT2D eigenvalue weighted by molar-refractivity contribution is 7.85. The summed E-state index contributed by atoms with van der Waals surface area (Å²) in [7, 11) is -4.32. The van der Waals surface area contributed by atoms with E-state index in [0.29, 0.717) is 17.0 Å². The van der Waals surface area contributed by atoms with Gasteiger partial charge in [0, 0.05) is 18.8 Å². The Morgan fingerprint density at radius 2 is 1.69 bits per heavy atom. The van der Waals surface area contributed by atoms with Crippen molar-refractivity contribution in [3.05, 3.63) is 90.7 Å².